The van der Waals surface area contributed by atoms with E-state index in [4.69, 9.17) is 0 Å². The summed E-state index contributed by atoms with van der Waals surface area (Å²) < 4.78 is 32.4. The van der Waals surface area contributed by atoms with Gasteiger partial charge < -0.3 is 9.64 Å². The molecule has 128 valence electrons. The van der Waals surface area contributed by atoms with Crippen molar-refractivity contribution in [3.63, 3.8) is 0 Å². The van der Waals surface area contributed by atoms with E-state index in [0.29, 0.717) is 5.69 Å². The zero-order chi connectivity index (χ0) is 17.8. The van der Waals surface area contributed by atoms with Crippen LogP contribution in [-0.2, 0) is 14.8 Å². The Morgan fingerprint density at radius 2 is 1.91 bits per heavy atom. The fourth-order valence-corrected chi connectivity index (χ4v) is 3.37. The summed E-state index contributed by atoms with van der Waals surface area (Å²) in [5, 5.41) is 0. The fourth-order valence-electron chi connectivity index (χ4n) is 1.73. The largest absolute Gasteiger partial charge is 0.465 e. The smallest absolute Gasteiger partial charge is 0.339 e. The predicted molar refractivity (Wildman–Crippen MR) is 89.7 cm³/mol. The normalized spacial score (nSPS) is 12.4. The van der Waals surface area contributed by atoms with Crippen LogP contribution in [0.3, 0.4) is 0 Å². The van der Waals surface area contributed by atoms with Gasteiger partial charge in [-0.15, -0.1) is 0 Å². The van der Waals surface area contributed by atoms with Crippen molar-refractivity contribution in [3.8, 4) is 0 Å². The number of hydrogen-bond donors (Lipinski definition) is 1. The molecular formula is C15H23N3O4S. The Morgan fingerprint density at radius 1 is 1.30 bits per heavy atom. The lowest BCUT2D eigenvalue weighted by Crippen LogP contribution is -2.41. The molecule has 0 fully saturated rings. The molecule has 0 aliphatic carbocycles. The van der Waals surface area contributed by atoms with E-state index in [1.165, 1.54) is 19.2 Å². The summed E-state index contributed by atoms with van der Waals surface area (Å²) in [4.78, 5) is 17.6. The van der Waals surface area contributed by atoms with Crippen molar-refractivity contribution in [2.75, 3.05) is 21.2 Å². The Morgan fingerprint density at radius 3 is 2.39 bits per heavy atom. The Bertz CT molecular complexity index is 704. The van der Waals surface area contributed by atoms with Gasteiger partial charge in [0, 0.05) is 19.6 Å². The zero-order valence-corrected chi connectivity index (χ0v) is 15.1. The van der Waals surface area contributed by atoms with Crippen LogP contribution in [0.1, 0.15) is 31.1 Å². The van der Waals surface area contributed by atoms with E-state index >= 15 is 0 Å². The van der Waals surface area contributed by atoms with Crippen molar-refractivity contribution < 1.29 is 17.9 Å². The Labute approximate surface area is 137 Å². The van der Waals surface area contributed by atoms with Crippen molar-refractivity contribution in [1.82, 2.24) is 9.62 Å². The molecule has 0 heterocycles. The van der Waals surface area contributed by atoms with Crippen LogP contribution in [0.15, 0.2) is 28.1 Å². The van der Waals surface area contributed by atoms with Crippen molar-refractivity contribution in [2.45, 2.75) is 31.2 Å². The monoisotopic (exact) mass is 341 g/mol. The lowest BCUT2D eigenvalue weighted by atomic mass is 10.1. The number of carbonyl (C=O) groups excluding carboxylic acids is 1. The average molecular weight is 341 g/mol. The number of nitrogens with one attached hydrogen (secondary N) is 1. The van der Waals surface area contributed by atoms with Crippen LogP contribution in [-0.4, -0.2) is 52.4 Å². The van der Waals surface area contributed by atoms with Crippen LogP contribution >= 0.6 is 0 Å². The molecule has 0 saturated heterocycles. The van der Waals surface area contributed by atoms with Crippen molar-refractivity contribution in [2.24, 2.45) is 4.99 Å². The second-order valence-corrected chi connectivity index (χ2v) is 7.89. The van der Waals surface area contributed by atoms with E-state index in [0.717, 1.165) is 0 Å². The molecule has 0 amide bonds. The average Bonchev–Trinajstić information content (AvgIpc) is 2.41. The number of sulfonamides is 1. The summed E-state index contributed by atoms with van der Waals surface area (Å²) >= 11 is 0. The van der Waals surface area contributed by atoms with Crippen LogP contribution in [0.4, 0.5) is 5.69 Å². The molecule has 0 spiro atoms. The molecule has 8 heteroatoms. The van der Waals surface area contributed by atoms with Gasteiger partial charge in [-0.1, -0.05) is 0 Å². The molecule has 0 unspecified atom stereocenters. The number of methoxy groups -OCH3 is 1. The maximum atomic E-state index is 12.6. The first-order valence-corrected chi connectivity index (χ1v) is 8.41. The number of aliphatic imine (C=N–C) groups is 1. The molecule has 7 nitrogen and oxygen atoms in total. The number of carbonyl (C=O) groups is 1. The van der Waals surface area contributed by atoms with Crippen molar-refractivity contribution in [3.05, 3.63) is 23.8 Å². The van der Waals surface area contributed by atoms with Gasteiger partial charge in [-0.05, 0) is 39.0 Å². The minimum absolute atomic E-state index is 0.0342. The van der Waals surface area contributed by atoms with E-state index in [1.807, 2.05) is 0 Å². The third-order valence-electron chi connectivity index (χ3n) is 2.54. The highest BCUT2D eigenvalue weighted by atomic mass is 32.2. The highest BCUT2D eigenvalue weighted by Crippen LogP contribution is 2.24. The maximum absolute atomic E-state index is 12.6. The molecule has 0 aliphatic heterocycles. The predicted octanol–water partition coefficient (Wildman–Crippen LogP) is 1.77. The first-order chi connectivity index (χ1) is 10.5. The molecule has 1 aromatic carbocycles. The van der Waals surface area contributed by atoms with Crippen molar-refractivity contribution >= 4 is 28.0 Å². The first kappa shape index (κ1) is 19.1. The van der Waals surface area contributed by atoms with Gasteiger partial charge in [-0.2, -0.15) is 0 Å². The molecule has 0 bridgehead atoms. The van der Waals surface area contributed by atoms with Gasteiger partial charge in [-0.25, -0.2) is 22.9 Å². The second-order valence-electron chi connectivity index (χ2n) is 6.24. The second kappa shape index (κ2) is 7.10. The van der Waals surface area contributed by atoms with Crippen LogP contribution in [0.5, 0.6) is 0 Å². The molecule has 0 saturated carbocycles. The minimum Gasteiger partial charge on any atom is -0.465 e. The lowest BCUT2D eigenvalue weighted by Gasteiger charge is -2.21. The lowest BCUT2D eigenvalue weighted by molar-refractivity contribution is 0.0596. The number of esters is 1. The number of benzene rings is 1. The van der Waals surface area contributed by atoms with Gasteiger partial charge in [-0.3, -0.25) is 0 Å². The van der Waals surface area contributed by atoms with E-state index in [-0.39, 0.29) is 10.5 Å². The Balaban J connectivity index is 3.45. The number of hydrogen-bond acceptors (Lipinski definition) is 5. The van der Waals surface area contributed by atoms with Crippen LogP contribution in [0.25, 0.3) is 0 Å². The minimum atomic E-state index is -3.90. The molecule has 0 aromatic heterocycles. The number of rotatable bonds is 5. The fraction of sp³-hybridized carbons (Fsp3) is 0.467. The van der Waals surface area contributed by atoms with E-state index in [2.05, 4.69) is 14.5 Å². The van der Waals surface area contributed by atoms with Crippen LogP contribution in [0, 0.1) is 0 Å². The van der Waals surface area contributed by atoms with Crippen molar-refractivity contribution in [1.29, 1.82) is 0 Å². The summed E-state index contributed by atoms with van der Waals surface area (Å²) in [6.07, 6.45) is 1.54. The standard InChI is InChI=1S/C15H23N3O4S/c1-15(2,3)17-23(20,21)13-9-11(16-10-18(4)5)7-8-12(13)14(19)22-6/h7-10,17H,1-6H3/b16-10+. The maximum Gasteiger partial charge on any atom is 0.339 e. The Hall–Kier alpha value is -1.93. The van der Waals surface area contributed by atoms with Gasteiger partial charge >= 0.3 is 5.97 Å². The van der Waals surface area contributed by atoms with Crippen LogP contribution in [0.2, 0.25) is 0 Å². The zero-order valence-electron chi connectivity index (χ0n) is 14.2. The van der Waals surface area contributed by atoms with E-state index in [1.54, 1.807) is 52.2 Å². The molecule has 0 atom stereocenters. The first-order valence-electron chi connectivity index (χ1n) is 6.93. The highest BCUT2D eigenvalue weighted by molar-refractivity contribution is 7.89. The SMILES string of the molecule is COC(=O)c1ccc(/N=C/N(C)C)cc1S(=O)(=O)NC(C)(C)C. The third-order valence-corrected chi connectivity index (χ3v) is 4.34. The quantitative estimate of drug-likeness (QED) is 0.501. The summed E-state index contributed by atoms with van der Waals surface area (Å²) in [6, 6.07) is 4.30. The molecule has 1 N–H and O–H groups in total. The summed E-state index contributed by atoms with van der Waals surface area (Å²) in [7, 11) is 0.893. The molecule has 0 aliphatic rings. The summed E-state index contributed by atoms with van der Waals surface area (Å²) in [5.74, 6) is -0.720. The van der Waals surface area contributed by atoms with E-state index in [9.17, 15) is 13.2 Å². The highest BCUT2D eigenvalue weighted by Gasteiger charge is 2.27. The number of nitrogens with zero attached hydrogens (tertiary/aromatic N) is 2. The third kappa shape index (κ3) is 5.65. The molecular weight excluding hydrogens is 318 g/mol. The van der Waals surface area contributed by atoms with Gasteiger partial charge in [0.25, 0.3) is 0 Å². The summed E-state index contributed by atoms with van der Waals surface area (Å²) in [5.41, 5.74) is -0.302. The number of ether oxygens (including phenoxy) is 1. The molecule has 0 radical (unpaired) electrons. The topological polar surface area (TPSA) is 88.1 Å². The molecule has 23 heavy (non-hydrogen) atoms. The van der Waals surface area contributed by atoms with Gasteiger partial charge in [0.15, 0.2) is 0 Å². The van der Waals surface area contributed by atoms with Gasteiger partial charge in [0.2, 0.25) is 10.0 Å². The molecule has 1 rings (SSSR count). The Kier molecular flexibility index (Phi) is 5.90. The summed E-state index contributed by atoms with van der Waals surface area (Å²) in [6.45, 7) is 5.16. The molecule has 1 aromatic rings. The van der Waals surface area contributed by atoms with Gasteiger partial charge in [0.05, 0.1) is 29.6 Å². The van der Waals surface area contributed by atoms with Gasteiger partial charge in [0.1, 0.15) is 0 Å². The van der Waals surface area contributed by atoms with Crippen LogP contribution < -0.4 is 4.72 Å². The van der Waals surface area contributed by atoms with E-state index < -0.39 is 21.5 Å².